The first-order valence-corrected chi connectivity index (χ1v) is 12.9. The fraction of sp³-hybridized carbons (Fsp3) is 0.414. The molecule has 0 atom stereocenters. The van der Waals surface area contributed by atoms with Crippen molar-refractivity contribution in [2.45, 2.75) is 43.9 Å². The molecule has 3 aromatic rings. The highest BCUT2D eigenvalue weighted by molar-refractivity contribution is 7.80. The predicted molar refractivity (Wildman–Crippen MR) is 144 cm³/mol. The molecule has 33 heavy (non-hydrogen) atoms. The maximum Gasteiger partial charge on any atom is 0.0947 e. The molecule has 4 heteroatoms. The van der Waals surface area contributed by atoms with Crippen LogP contribution in [0.5, 0.6) is 0 Å². The maximum atomic E-state index is 5.56. The lowest BCUT2D eigenvalue weighted by Crippen LogP contribution is -2.42. The molecule has 172 valence electrons. The molecule has 0 radical (unpaired) electrons. The van der Waals surface area contributed by atoms with E-state index in [-0.39, 0.29) is 0 Å². The van der Waals surface area contributed by atoms with E-state index in [2.05, 4.69) is 82.3 Å². The molecule has 1 aliphatic heterocycles. The summed E-state index contributed by atoms with van der Waals surface area (Å²) >= 11 is 5.56. The van der Waals surface area contributed by atoms with Crippen molar-refractivity contribution in [1.82, 2.24) is 10.2 Å². The van der Waals surface area contributed by atoms with Gasteiger partial charge in [-0.2, -0.15) is 0 Å². The van der Waals surface area contributed by atoms with Crippen molar-refractivity contribution >= 4 is 33.7 Å². The Labute approximate surface area is 203 Å². The molecule has 0 bridgehead atoms. The number of hydrogen-bond donors (Lipinski definition) is 2. The number of unbranched alkanes of at least 4 members (excludes halogenated alkanes) is 1. The minimum absolute atomic E-state index is 0.470. The molecule has 0 saturated carbocycles. The zero-order valence-corrected chi connectivity index (χ0v) is 20.3. The van der Waals surface area contributed by atoms with Crippen LogP contribution in [0.3, 0.4) is 0 Å². The molecule has 1 fully saturated rings. The second-order valence-corrected chi connectivity index (χ2v) is 10.2. The van der Waals surface area contributed by atoms with Crippen LogP contribution in [0, 0.1) is 0 Å². The molecular weight excluding hydrogens is 422 g/mol. The van der Waals surface area contributed by atoms with Gasteiger partial charge in [0.15, 0.2) is 0 Å². The van der Waals surface area contributed by atoms with Crippen LogP contribution < -0.4 is 10.6 Å². The van der Waals surface area contributed by atoms with Gasteiger partial charge in [0.05, 0.1) is 11.5 Å². The van der Waals surface area contributed by atoms with Crippen molar-refractivity contribution in [3.05, 3.63) is 77.9 Å². The van der Waals surface area contributed by atoms with E-state index in [0.29, 0.717) is 12.0 Å². The van der Waals surface area contributed by atoms with Crippen molar-refractivity contribution in [1.29, 1.82) is 0 Å². The lowest BCUT2D eigenvalue weighted by atomic mass is 9.74. The van der Waals surface area contributed by atoms with Crippen LogP contribution in [-0.4, -0.2) is 42.6 Å². The van der Waals surface area contributed by atoms with Crippen molar-refractivity contribution in [2.75, 3.05) is 38.0 Å². The first-order valence-electron chi connectivity index (χ1n) is 12.5. The molecule has 2 aliphatic rings. The number of nitrogens with one attached hydrogen (secondary N) is 2. The van der Waals surface area contributed by atoms with Crippen LogP contribution in [0.2, 0.25) is 0 Å². The number of fused-ring (bicyclic) bond motifs is 3. The number of piperidine rings is 1. The summed E-state index contributed by atoms with van der Waals surface area (Å²) in [6.45, 7) is 5.34. The van der Waals surface area contributed by atoms with E-state index in [1.807, 2.05) is 0 Å². The van der Waals surface area contributed by atoms with Gasteiger partial charge in [0.2, 0.25) is 0 Å². The predicted octanol–water partition coefficient (Wildman–Crippen LogP) is 5.93. The number of hydrogen-bond acceptors (Lipinski definition) is 3. The van der Waals surface area contributed by atoms with Gasteiger partial charge in [-0.25, -0.2) is 0 Å². The van der Waals surface area contributed by atoms with Crippen LogP contribution in [0.1, 0.15) is 43.2 Å². The monoisotopic (exact) mass is 457 g/mol. The minimum atomic E-state index is 0.470. The molecule has 5 rings (SSSR count). The smallest absolute Gasteiger partial charge is 0.0947 e. The van der Waals surface area contributed by atoms with Gasteiger partial charge in [-0.05, 0) is 86.2 Å². The Morgan fingerprint density at radius 3 is 2.58 bits per heavy atom. The zero-order valence-electron chi connectivity index (χ0n) is 19.5. The highest BCUT2D eigenvalue weighted by atomic mass is 32.1. The minimum Gasteiger partial charge on any atom is -0.378 e. The summed E-state index contributed by atoms with van der Waals surface area (Å²) in [5.74, 6) is 0. The average molecular weight is 458 g/mol. The van der Waals surface area contributed by atoms with E-state index in [0.717, 1.165) is 17.2 Å². The van der Waals surface area contributed by atoms with Crippen molar-refractivity contribution in [2.24, 2.45) is 0 Å². The molecule has 3 aromatic carbocycles. The van der Waals surface area contributed by atoms with Crippen molar-refractivity contribution in [3.8, 4) is 0 Å². The zero-order chi connectivity index (χ0) is 22.5. The van der Waals surface area contributed by atoms with Gasteiger partial charge in [-0.15, -0.1) is 0 Å². The number of likely N-dealkylation sites (tertiary alicyclic amines) is 1. The van der Waals surface area contributed by atoms with Crippen molar-refractivity contribution in [3.63, 3.8) is 0 Å². The lowest BCUT2D eigenvalue weighted by molar-refractivity contribution is 0.156. The SMILES string of the molecule is S=C(CNc1cccc2ccccc12)NCCCCN1CCC2(CCc3ccccc32)CC1. The number of anilines is 1. The van der Waals surface area contributed by atoms with E-state index in [4.69, 9.17) is 12.2 Å². The Bertz CT molecular complexity index is 1100. The topological polar surface area (TPSA) is 27.3 Å². The average Bonchev–Trinajstić information content (AvgIpc) is 3.22. The second-order valence-electron chi connectivity index (χ2n) is 9.72. The summed E-state index contributed by atoms with van der Waals surface area (Å²) in [5, 5.41) is 9.43. The third-order valence-corrected chi connectivity index (χ3v) is 8.02. The molecule has 3 nitrogen and oxygen atoms in total. The summed E-state index contributed by atoms with van der Waals surface area (Å²) in [6.07, 6.45) is 7.68. The fourth-order valence-electron chi connectivity index (χ4n) is 5.79. The number of thiocarbonyl (C=S) groups is 1. The molecule has 1 spiro atoms. The van der Waals surface area contributed by atoms with Crippen molar-refractivity contribution < 1.29 is 0 Å². The summed E-state index contributed by atoms with van der Waals surface area (Å²) in [4.78, 5) is 3.56. The molecule has 0 aromatic heterocycles. The highest BCUT2D eigenvalue weighted by Crippen LogP contribution is 2.46. The summed E-state index contributed by atoms with van der Waals surface area (Å²) < 4.78 is 0. The van der Waals surface area contributed by atoms with Gasteiger partial charge < -0.3 is 15.5 Å². The molecule has 2 N–H and O–H groups in total. The van der Waals surface area contributed by atoms with Gasteiger partial charge in [0.25, 0.3) is 0 Å². The lowest BCUT2D eigenvalue weighted by Gasteiger charge is -2.40. The number of nitrogens with zero attached hydrogens (tertiary/aromatic N) is 1. The van der Waals surface area contributed by atoms with Crippen LogP contribution in [0.15, 0.2) is 66.7 Å². The molecule has 1 saturated heterocycles. The van der Waals surface area contributed by atoms with Crippen LogP contribution >= 0.6 is 12.2 Å². The third-order valence-electron chi connectivity index (χ3n) is 7.73. The summed E-state index contributed by atoms with van der Waals surface area (Å²) in [7, 11) is 0. The first-order chi connectivity index (χ1) is 16.2. The number of rotatable bonds is 8. The van der Waals surface area contributed by atoms with E-state index in [1.54, 1.807) is 11.1 Å². The molecule has 0 unspecified atom stereocenters. The van der Waals surface area contributed by atoms with Crippen LogP contribution in [0.4, 0.5) is 5.69 Å². The third kappa shape index (κ3) is 5.07. The maximum absolute atomic E-state index is 5.56. The fourth-order valence-corrected chi connectivity index (χ4v) is 5.97. The normalized spacial score (nSPS) is 17.2. The molecular formula is C29H35N3S. The van der Waals surface area contributed by atoms with Crippen LogP contribution in [0.25, 0.3) is 10.8 Å². The Balaban J connectivity index is 0.987. The van der Waals surface area contributed by atoms with Gasteiger partial charge in [-0.3, -0.25) is 0 Å². The van der Waals surface area contributed by atoms with E-state index < -0.39 is 0 Å². The largest absolute Gasteiger partial charge is 0.378 e. The van der Waals surface area contributed by atoms with Gasteiger partial charge in [-0.1, -0.05) is 72.9 Å². The Hall–Kier alpha value is -2.43. The Morgan fingerprint density at radius 1 is 0.879 bits per heavy atom. The Morgan fingerprint density at radius 2 is 1.67 bits per heavy atom. The quantitative estimate of drug-likeness (QED) is 0.324. The van der Waals surface area contributed by atoms with Crippen LogP contribution in [-0.2, 0) is 11.8 Å². The number of aryl methyl sites for hydroxylation is 1. The Kier molecular flexibility index (Phi) is 6.93. The summed E-state index contributed by atoms with van der Waals surface area (Å²) in [5.41, 5.74) is 4.87. The van der Waals surface area contributed by atoms with Gasteiger partial charge in [0.1, 0.15) is 0 Å². The van der Waals surface area contributed by atoms with E-state index >= 15 is 0 Å². The van der Waals surface area contributed by atoms with Gasteiger partial charge in [0, 0.05) is 17.6 Å². The van der Waals surface area contributed by atoms with Gasteiger partial charge >= 0.3 is 0 Å². The number of benzene rings is 3. The summed E-state index contributed by atoms with van der Waals surface area (Å²) in [6, 6.07) is 24.0. The molecule has 1 heterocycles. The molecule has 0 amide bonds. The highest BCUT2D eigenvalue weighted by Gasteiger charge is 2.40. The van der Waals surface area contributed by atoms with E-state index in [9.17, 15) is 0 Å². The standard InChI is InChI=1S/C29H35N3S/c33-28(22-31-27-13-7-10-23-8-1-3-11-25(23)27)30-18-5-6-19-32-20-16-29(17-21-32)15-14-24-9-2-4-12-26(24)29/h1-4,7-13,31H,5-6,14-22H2,(H,30,33). The second kappa shape index (κ2) is 10.2. The molecule has 1 aliphatic carbocycles. The first kappa shape index (κ1) is 22.4. The van der Waals surface area contributed by atoms with E-state index in [1.165, 1.54) is 68.9 Å².